The molecule has 0 unspecified atom stereocenters. The van der Waals surface area contributed by atoms with Crippen molar-refractivity contribution in [2.24, 2.45) is 0 Å². The second-order valence-electron chi connectivity index (χ2n) is 6.63. The molecular formula is C23H21N3O4S. The quantitative estimate of drug-likeness (QED) is 0.178. The van der Waals surface area contributed by atoms with Crippen LogP contribution in [0.1, 0.15) is 30.3 Å². The zero-order valence-corrected chi connectivity index (χ0v) is 18.0. The number of rotatable bonds is 9. The summed E-state index contributed by atoms with van der Waals surface area (Å²) in [5, 5.41) is 23.0. The van der Waals surface area contributed by atoms with Gasteiger partial charge < -0.3 is 9.47 Å². The fourth-order valence-electron chi connectivity index (χ4n) is 2.84. The minimum Gasteiger partial charge on any atom is -0.493 e. The lowest BCUT2D eigenvalue weighted by Gasteiger charge is -2.11. The Balaban J connectivity index is 1.89. The SMILES string of the molecule is CCCCOc1cc(/C=C(\C#N)c2nc(-c3cccc([N+](=O)[O-])c3)cs2)ccc1OC. The Morgan fingerprint density at radius 1 is 1.29 bits per heavy atom. The van der Waals surface area contributed by atoms with Gasteiger partial charge in [0, 0.05) is 23.1 Å². The molecule has 0 radical (unpaired) electrons. The van der Waals surface area contributed by atoms with Crippen molar-refractivity contribution < 1.29 is 14.4 Å². The lowest BCUT2D eigenvalue weighted by atomic mass is 10.1. The average Bonchev–Trinajstić information content (AvgIpc) is 3.28. The van der Waals surface area contributed by atoms with E-state index in [1.54, 1.807) is 36.8 Å². The van der Waals surface area contributed by atoms with Gasteiger partial charge in [-0.3, -0.25) is 10.1 Å². The summed E-state index contributed by atoms with van der Waals surface area (Å²) >= 11 is 1.31. The molecule has 31 heavy (non-hydrogen) atoms. The summed E-state index contributed by atoms with van der Waals surface area (Å²) in [6.45, 7) is 2.68. The highest BCUT2D eigenvalue weighted by atomic mass is 32.1. The zero-order chi connectivity index (χ0) is 22.2. The predicted octanol–water partition coefficient (Wildman–Crippen LogP) is 5.97. The standard InChI is InChI=1S/C23H21N3O4S/c1-3-4-10-30-22-12-16(8-9-21(22)29-2)11-18(14-24)23-25-20(15-31-23)17-6-5-7-19(13-17)26(27)28/h5-9,11-13,15H,3-4,10H2,1-2H3/b18-11+. The van der Waals surface area contributed by atoms with Crippen LogP contribution in [-0.4, -0.2) is 23.6 Å². The summed E-state index contributed by atoms with van der Waals surface area (Å²) in [4.78, 5) is 15.1. The topological polar surface area (TPSA) is 98.3 Å². The van der Waals surface area contributed by atoms with Crippen LogP contribution in [-0.2, 0) is 0 Å². The van der Waals surface area contributed by atoms with Gasteiger partial charge in [0.2, 0.25) is 0 Å². The fourth-order valence-corrected chi connectivity index (χ4v) is 3.63. The molecule has 0 N–H and O–H groups in total. The minimum absolute atomic E-state index is 0.00284. The minimum atomic E-state index is -0.443. The van der Waals surface area contributed by atoms with Gasteiger partial charge in [-0.05, 0) is 30.2 Å². The summed E-state index contributed by atoms with van der Waals surface area (Å²) in [5.74, 6) is 1.26. The van der Waals surface area contributed by atoms with Crippen molar-refractivity contribution in [3.8, 4) is 28.8 Å². The molecule has 3 aromatic rings. The third-order valence-electron chi connectivity index (χ3n) is 4.46. The van der Waals surface area contributed by atoms with Gasteiger partial charge in [-0.2, -0.15) is 5.26 Å². The van der Waals surface area contributed by atoms with E-state index in [-0.39, 0.29) is 5.69 Å². The number of methoxy groups -OCH3 is 1. The Labute approximate surface area is 184 Å². The maximum Gasteiger partial charge on any atom is 0.270 e. The van der Waals surface area contributed by atoms with E-state index < -0.39 is 4.92 Å². The van der Waals surface area contributed by atoms with E-state index in [1.165, 1.54) is 23.5 Å². The molecule has 0 amide bonds. The molecule has 0 aliphatic heterocycles. The van der Waals surface area contributed by atoms with Crippen LogP contribution >= 0.6 is 11.3 Å². The number of allylic oxidation sites excluding steroid dienone is 1. The van der Waals surface area contributed by atoms with Crippen molar-refractivity contribution in [3.05, 3.63) is 68.5 Å². The number of benzene rings is 2. The first-order valence-electron chi connectivity index (χ1n) is 9.69. The molecule has 0 fully saturated rings. The lowest BCUT2D eigenvalue weighted by Crippen LogP contribution is -1.99. The summed E-state index contributed by atoms with van der Waals surface area (Å²) < 4.78 is 11.2. The normalized spacial score (nSPS) is 11.1. The predicted molar refractivity (Wildman–Crippen MR) is 121 cm³/mol. The van der Waals surface area contributed by atoms with Crippen molar-refractivity contribution in [1.29, 1.82) is 5.26 Å². The third-order valence-corrected chi connectivity index (χ3v) is 5.34. The molecule has 0 aliphatic rings. The molecule has 0 aliphatic carbocycles. The number of nitriles is 1. The van der Waals surface area contributed by atoms with E-state index in [1.807, 2.05) is 12.1 Å². The van der Waals surface area contributed by atoms with Crippen molar-refractivity contribution in [1.82, 2.24) is 4.98 Å². The van der Waals surface area contributed by atoms with Crippen molar-refractivity contribution >= 4 is 28.7 Å². The maximum atomic E-state index is 11.0. The monoisotopic (exact) mass is 435 g/mol. The maximum absolute atomic E-state index is 11.0. The third kappa shape index (κ3) is 5.47. The highest BCUT2D eigenvalue weighted by Gasteiger charge is 2.13. The Morgan fingerprint density at radius 3 is 2.84 bits per heavy atom. The first kappa shape index (κ1) is 22.0. The molecule has 1 aromatic heterocycles. The van der Waals surface area contributed by atoms with Crippen LogP contribution in [0.3, 0.4) is 0 Å². The van der Waals surface area contributed by atoms with E-state index in [2.05, 4.69) is 18.0 Å². The number of aromatic nitrogens is 1. The number of unbranched alkanes of at least 4 members (excludes halogenated alkanes) is 1. The Morgan fingerprint density at radius 2 is 2.13 bits per heavy atom. The van der Waals surface area contributed by atoms with Crippen LogP contribution in [0.2, 0.25) is 0 Å². The second-order valence-corrected chi connectivity index (χ2v) is 7.49. The molecule has 0 saturated carbocycles. The number of hydrogen-bond donors (Lipinski definition) is 0. The van der Waals surface area contributed by atoms with Gasteiger partial charge in [-0.1, -0.05) is 31.5 Å². The largest absolute Gasteiger partial charge is 0.493 e. The molecule has 158 valence electrons. The van der Waals surface area contributed by atoms with Crippen molar-refractivity contribution in [3.63, 3.8) is 0 Å². The van der Waals surface area contributed by atoms with Crippen LogP contribution in [0.15, 0.2) is 47.8 Å². The number of hydrogen-bond acceptors (Lipinski definition) is 7. The van der Waals surface area contributed by atoms with Gasteiger partial charge >= 0.3 is 0 Å². The number of ether oxygens (including phenoxy) is 2. The average molecular weight is 436 g/mol. The molecule has 2 aromatic carbocycles. The van der Waals surface area contributed by atoms with E-state index in [0.717, 1.165) is 18.4 Å². The molecule has 8 heteroatoms. The van der Waals surface area contributed by atoms with E-state index in [4.69, 9.17) is 9.47 Å². The van der Waals surface area contributed by atoms with Crippen LogP contribution in [0, 0.1) is 21.4 Å². The van der Waals surface area contributed by atoms with Gasteiger partial charge in [0.15, 0.2) is 11.5 Å². The zero-order valence-electron chi connectivity index (χ0n) is 17.2. The molecule has 0 atom stereocenters. The first-order chi connectivity index (χ1) is 15.0. The molecule has 0 saturated heterocycles. The lowest BCUT2D eigenvalue weighted by molar-refractivity contribution is -0.384. The van der Waals surface area contributed by atoms with Gasteiger partial charge in [0.05, 0.1) is 29.9 Å². The van der Waals surface area contributed by atoms with Crippen molar-refractivity contribution in [2.75, 3.05) is 13.7 Å². The summed E-state index contributed by atoms with van der Waals surface area (Å²) in [6.07, 6.45) is 3.70. The van der Waals surface area contributed by atoms with Gasteiger partial charge in [-0.15, -0.1) is 11.3 Å². The highest BCUT2D eigenvalue weighted by Crippen LogP contribution is 2.32. The van der Waals surface area contributed by atoms with E-state index in [9.17, 15) is 15.4 Å². The molecular weight excluding hydrogens is 414 g/mol. The summed E-state index contributed by atoms with van der Waals surface area (Å²) in [5.41, 5.74) is 2.40. The molecule has 0 bridgehead atoms. The van der Waals surface area contributed by atoms with Crippen LogP contribution in [0.4, 0.5) is 5.69 Å². The van der Waals surface area contributed by atoms with E-state index >= 15 is 0 Å². The van der Waals surface area contributed by atoms with Gasteiger partial charge in [0.25, 0.3) is 5.69 Å². The summed E-state index contributed by atoms with van der Waals surface area (Å²) in [6, 6.07) is 13.9. The number of nitrogens with zero attached hydrogens (tertiary/aromatic N) is 3. The van der Waals surface area contributed by atoms with Crippen LogP contribution < -0.4 is 9.47 Å². The first-order valence-corrected chi connectivity index (χ1v) is 10.6. The summed E-state index contributed by atoms with van der Waals surface area (Å²) in [7, 11) is 1.59. The Kier molecular flexibility index (Phi) is 7.35. The Bertz CT molecular complexity index is 1150. The van der Waals surface area contributed by atoms with E-state index in [0.29, 0.717) is 39.9 Å². The van der Waals surface area contributed by atoms with Crippen LogP contribution in [0.25, 0.3) is 22.9 Å². The Hall–Kier alpha value is -3.70. The number of thiazole rings is 1. The fraction of sp³-hybridized carbons (Fsp3) is 0.217. The number of nitro benzene ring substituents is 1. The van der Waals surface area contributed by atoms with Gasteiger partial charge in [-0.25, -0.2) is 4.98 Å². The molecule has 0 spiro atoms. The molecule has 1 heterocycles. The highest BCUT2D eigenvalue weighted by molar-refractivity contribution is 7.11. The van der Waals surface area contributed by atoms with Crippen LogP contribution in [0.5, 0.6) is 11.5 Å². The second kappa shape index (κ2) is 10.4. The molecule has 3 rings (SSSR count). The number of non-ortho nitro benzene ring substituents is 1. The smallest absolute Gasteiger partial charge is 0.270 e. The number of nitro groups is 1. The molecule has 7 nitrogen and oxygen atoms in total. The van der Waals surface area contributed by atoms with Crippen molar-refractivity contribution in [2.45, 2.75) is 19.8 Å². The van der Waals surface area contributed by atoms with Gasteiger partial charge in [0.1, 0.15) is 11.1 Å².